The fourth-order valence-corrected chi connectivity index (χ4v) is 10.7. The van der Waals surface area contributed by atoms with Gasteiger partial charge in [0, 0.05) is 73.5 Å². The summed E-state index contributed by atoms with van der Waals surface area (Å²) in [6.45, 7) is 0. The first-order valence-corrected chi connectivity index (χ1v) is 20.6. The van der Waals surface area contributed by atoms with E-state index in [2.05, 4.69) is 187 Å². The van der Waals surface area contributed by atoms with Crippen molar-refractivity contribution < 1.29 is 0 Å². The van der Waals surface area contributed by atoms with Crippen LogP contribution in [0.4, 0.5) is 0 Å². The van der Waals surface area contributed by atoms with Crippen LogP contribution >= 0.6 is 22.7 Å². The number of hydrogen-bond donors (Lipinski definition) is 0. The third kappa shape index (κ3) is 5.22. The van der Waals surface area contributed by atoms with Crippen LogP contribution in [0.3, 0.4) is 0 Å². The van der Waals surface area contributed by atoms with Gasteiger partial charge in [0.25, 0.3) is 0 Å². The molecule has 0 aliphatic heterocycles. The Kier molecular flexibility index (Phi) is 7.24. The van der Waals surface area contributed by atoms with Crippen LogP contribution in [0.25, 0.3) is 113 Å². The number of nitrogens with zero attached hydrogens (tertiary/aromatic N) is 4. The summed E-state index contributed by atoms with van der Waals surface area (Å²) in [7, 11) is 0. The molecule has 0 unspecified atom stereocenters. The number of thiophene rings is 2. The van der Waals surface area contributed by atoms with E-state index >= 15 is 0 Å². The number of hydrogen-bond acceptors (Lipinski definition) is 5. The maximum Gasteiger partial charge on any atom is 0.165 e. The summed E-state index contributed by atoms with van der Waals surface area (Å²) in [5.41, 5.74) is 8.66. The molecule has 12 rings (SSSR count). The van der Waals surface area contributed by atoms with E-state index in [9.17, 15) is 0 Å². The van der Waals surface area contributed by atoms with Gasteiger partial charge < -0.3 is 4.57 Å². The Labute approximate surface area is 335 Å². The Morgan fingerprint density at radius 3 is 1.77 bits per heavy atom. The van der Waals surface area contributed by atoms with Crippen molar-refractivity contribution in [3.8, 4) is 51.0 Å². The molecule has 0 aliphatic carbocycles. The highest BCUT2D eigenvalue weighted by molar-refractivity contribution is 7.26. The Hall–Kier alpha value is -6.99. The molecule has 0 radical (unpaired) electrons. The molecule has 4 nitrogen and oxygen atoms in total. The molecule has 4 heterocycles. The van der Waals surface area contributed by atoms with Crippen LogP contribution in [-0.4, -0.2) is 19.5 Å². The van der Waals surface area contributed by atoms with Crippen molar-refractivity contribution >= 4 is 84.8 Å². The summed E-state index contributed by atoms with van der Waals surface area (Å²) in [6.07, 6.45) is 0. The van der Waals surface area contributed by atoms with Gasteiger partial charge in [0.05, 0.1) is 11.0 Å². The zero-order valence-electron chi connectivity index (χ0n) is 30.4. The number of para-hydroxylation sites is 1. The summed E-state index contributed by atoms with van der Waals surface area (Å²) < 4.78 is 7.28. The third-order valence-electron chi connectivity index (χ3n) is 11.1. The van der Waals surface area contributed by atoms with E-state index in [0.29, 0.717) is 17.5 Å². The first-order valence-electron chi connectivity index (χ1n) is 19.0. The second-order valence-corrected chi connectivity index (χ2v) is 16.5. The number of rotatable bonds is 5. The lowest BCUT2D eigenvalue weighted by atomic mass is 10.0. The van der Waals surface area contributed by atoms with E-state index in [0.717, 1.165) is 33.4 Å². The van der Waals surface area contributed by atoms with Gasteiger partial charge in [0.2, 0.25) is 0 Å². The van der Waals surface area contributed by atoms with E-state index in [4.69, 9.17) is 15.0 Å². The Balaban J connectivity index is 1.06. The molecule has 12 aromatic rings. The quantitative estimate of drug-likeness (QED) is 0.175. The second-order valence-electron chi connectivity index (χ2n) is 14.4. The normalized spacial score (nSPS) is 11.9. The lowest BCUT2D eigenvalue weighted by Crippen LogP contribution is -2.01. The van der Waals surface area contributed by atoms with Gasteiger partial charge in [-0.2, -0.15) is 0 Å². The standard InChI is InChI=1S/C51H30N4S2/c1-2-12-31(13-3-1)32-25-27-44-42(29-32)36-16-4-7-21-43(36)55(44)35-15-10-14-33(28-35)49-52-50(34-24-26-39-37-17-5-8-22-45(37)56-47(39)30-34)54-51(53-49)41-20-11-19-40-38-18-6-9-23-46(38)57-48(40)41/h1-30H. The highest BCUT2D eigenvalue weighted by atomic mass is 32.1. The predicted octanol–water partition coefficient (Wildman–Crippen LogP) is 14.4. The van der Waals surface area contributed by atoms with Gasteiger partial charge in [0.1, 0.15) is 0 Å². The topological polar surface area (TPSA) is 43.6 Å². The summed E-state index contributed by atoms with van der Waals surface area (Å²) in [6, 6.07) is 65.0. The molecule has 0 saturated heterocycles. The van der Waals surface area contributed by atoms with Gasteiger partial charge in [-0.25, -0.2) is 15.0 Å². The molecule has 0 atom stereocenters. The van der Waals surface area contributed by atoms with E-state index < -0.39 is 0 Å². The van der Waals surface area contributed by atoms with Gasteiger partial charge in [0.15, 0.2) is 17.5 Å². The van der Waals surface area contributed by atoms with Gasteiger partial charge in [-0.15, -0.1) is 22.7 Å². The molecule has 57 heavy (non-hydrogen) atoms. The number of benzene rings is 8. The fraction of sp³-hybridized carbons (Fsp3) is 0. The summed E-state index contributed by atoms with van der Waals surface area (Å²) >= 11 is 3.60. The van der Waals surface area contributed by atoms with Crippen molar-refractivity contribution in [3.63, 3.8) is 0 Å². The van der Waals surface area contributed by atoms with Crippen LogP contribution in [0.2, 0.25) is 0 Å². The van der Waals surface area contributed by atoms with Gasteiger partial charge in [-0.3, -0.25) is 0 Å². The van der Waals surface area contributed by atoms with Crippen molar-refractivity contribution in [3.05, 3.63) is 182 Å². The summed E-state index contributed by atoms with van der Waals surface area (Å²) in [4.78, 5) is 15.8. The number of aromatic nitrogens is 4. The first-order chi connectivity index (χ1) is 28.2. The Bertz CT molecular complexity index is 3540. The first kappa shape index (κ1) is 32.3. The maximum absolute atomic E-state index is 5.29. The summed E-state index contributed by atoms with van der Waals surface area (Å²) in [5, 5.41) is 7.42. The molecule has 6 heteroatoms. The fourth-order valence-electron chi connectivity index (χ4n) is 8.39. The molecule has 0 bridgehead atoms. The van der Waals surface area contributed by atoms with Crippen molar-refractivity contribution in [2.75, 3.05) is 0 Å². The molecule has 0 aliphatic rings. The molecular formula is C51H30N4S2. The minimum Gasteiger partial charge on any atom is -0.309 e. The largest absolute Gasteiger partial charge is 0.309 e. The van der Waals surface area contributed by atoms with Crippen LogP contribution in [0.1, 0.15) is 0 Å². The van der Waals surface area contributed by atoms with Crippen molar-refractivity contribution in [1.82, 2.24) is 19.5 Å². The number of fused-ring (bicyclic) bond motifs is 9. The third-order valence-corrected chi connectivity index (χ3v) is 13.4. The molecule has 0 N–H and O–H groups in total. The zero-order valence-corrected chi connectivity index (χ0v) is 32.1. The molecule has 0 saturated carbocycles. The average molecular weight is 763 g/mol. The molecule has 0 amide bonds. The molecule has 0 fully saturated rings. The van der Waals surface area contributed by atoms with Crippen LogP contribution in [0.5, 0.6) is 0 Å². The molecule has 0 spiro atoms. The predicted molar refractivity (Wildman–Crippen MR) is 242 cm³/mol. The van der Waals surface area contributed by atoms with Gasteiger partial charge >= 0.3 is 0 Å². The van der Waals surface area contributed by atoms with Crippen LogP contribution in [0.15, 0.2) is 182 Å². The van der Waals surface area contributed by atoms with Gasteiger partial charge in [-0.1, -0.05) is 127 Å². The highest BCUT2D eigenvalue weighted by Gasteiger charge is 2.19. The zero-order chi connectivity index (χ0) is 37.5. The van der Waals surface area contributed by atoms with E-state index in [1.165, 1.54) is 62.2 Å². The van der Waals surface area contributed by atoms with Crippen LogP contribution in [-0.2, 0) is 0 Å². The van der Waals surface area contributed by atoms with Gasteiger partial charge in [-0.05, 0) is 65.7 Å². The molecule has 266 valence electrons. The minimum atomic E-state index is 0.638. The highest BCUT2D eigenvalue weighted by Crippen LogP contribution is 2.41. The minimum absolute atomic E-state index is 0.638. The van der Waals surface area contributed by atoms with Crippen molar-refractivity contribution in [2.45, 2.75) is 0 Å². The summed E-state index contributed by atoms with van der Waals surface area (Å²) in [5.74, 6) is 1.96. The maximum atomic E-state index is 5.29. The lowest BCUT2D eigenvalue weighted by Gasteiger charge is -2.12. The van der Waals surface area contributed by atoms with Crippen molar-refractivity contribution in [1.29, 1.82) is 0 Å². The molecule has 8 aromatic carbocycles. The van der Waals surface area contributed by atoms with E-state index in [1.807, 2.05) is 0 Å². The molecule has 4 aromatic heterocycles. The van der Waals surface area contributed by atoms with Crippen molar-refractivity contribution in [2.24, 2.45) is 0 Å². The second kappa shape index (κ2) is 12.8. The van der Waals surface area contributed by atoms with Crippen LogP contribution in [0, 0.1) is 0 Å². The SMILES string of the molecule is c1ccc(-c2ccc3c(c2)c2ccccc2n3-c2cccc(-c3nc(-c4ccc5c(c4)sc4ccccc45)nc(-c4cccc5c4sc4ccccc45)n3)c2)cc1. The average Bonchev–Trinajstić information content (AvgIpc) is 3.96. The van der Waals surface area contributed by atoms with E-state index in [1.54, 1.807) is 22.7 Å². The Morgan fingerprint density at radius 1 is 0.333 bits per heavy atom. The lowest BCUT2D eigenvalue weighted by molar-refractivity contribution is 1.07. The Morgan fingerprint density at radius 2 is 0.930 bits per heavy atom. The smallest absolute Gasteiger partial charge is 0.165 e. The monoisotopic (exact) mass is 762 g/mol. The van der Waals surface area contributed by atoms with E-state index in [-0.39, 0.29) is 0 Å². The van der Waals surface area contributed by atoms with Crippen LogP contribution < -0.4 is 0 Å². The molecular weight excluding hydrogens is 733 g/mol.